The highest BCUT2D eigenvalue weighted by molar-refractivity contribution is 14.1. The normalized spacial score (nSPS) is 12.6. The van der Waals surface area contributed by atoms with Crippen molar-refractivity contribution in [2.45, 2.75) is 10.8 Å². The Hall–Kier alpha value is 0.200. The lowest BCUT2D eigenvalue weighted by Gasteiger charge is -2.03. The van der Waals surface area contributed by atoms with Crippen LogP contribution in [0.5, 0.6) is 0 Å². The van der Waals surface area contributed by atoms with Gasteiger partial charge in [0, 0.05) is 15.6 Å². The number of benzene rings is 1. The Balaban J connectivity index is 3.08. The van der Waals surface area contributed by atoms with Crippen LogP contribution < -0.4 is 0 Å². The minimum absolute atomic E-state index is 0.0463. The van der Waals surface area contributed by atoms with E-state index < -0.39 is 0 Å². The lowest BCUT2D eigenvalue weighted by atomic mass is 10.1. The SMILES string of the molecule is CC(I)C(=O)c1cc(Cl)cc(Cl)c1. The molecule has 1 unspecified atom stereocenters. The summed E-state index contributed by atoms with van der Waals surface area (Å²) >= 11 is 13.6. The van der Waals surface area contributed by atoms with Gasteiger partial charge in [0.2, 0.25) is 0 Å². The van der Waals surface area contributed by atoms with Gasteiger partial charge in [0.1, 0.15) is 0 Å². The first-order valence-corrected chi connectivity index (χ1v) is 5.65. The van der Waals surface area contributed by atoms with E-state index in [9.17, 15) is 4.79 Å². The molecule has 0 aliphatic carbocycles. The van der Waals surface area contributed by atoms with Gasteiger partial charge < -0.3 is 0 Å². The molecule has 0 amide bonds. The van der Waals surface area contributed by atoms with Crippen molar-refractivity contribution in [2.24, 2.45) is 0 Å². The van der Waals surface area contributed by atoms with E-state index in [1.54, 1.807) is 18.2 Å². The standard InChI is InChI=1S/C9H7Cl2IO/c1-5(12)9(13)6-2-7(10)4-8(11)3-6/h2-5H,1H3. The minimum atomic E-state index is -0.0628. The van der Waals surface area contributed by atoms with Gasteiger partial charge in [-0.1, -0.05) is 45.8 Å². The number of carbonyl (C=O) groups is 1. The van der Waals surface area contributed by atoms with Gasteiger partial charge in [-0.3, -0.25) is 4.79 Å². The van der Waals surface area contributed by atoms with Gasteiger partial charge in [-0.05, 0) is 25.1 Å². The fraction of sp³-hybridized carbons (Fsp3) is 0.222. The second kappa shape index (κ2) is 4.62. The predicted octanol–water partition coefficient (Wildman–Crippen LogP) is 4.00. The molecular formula is C9H7Cl2IO. The first-order chi connectivity index (χ1) is 6.00. The van der Waals surface area contributed by atoms with E-state index >= 15 is 0 Å². The fourth-order valence-corrected chi connectivity index (χ4v) is 1.81. The van der Waals surface area contributed by atoms with Crippen molar-refractivity contribution in [3.8, 4) is 0 Å². The van der Waals surface area contributed by atoms with Crippen LogP contribution in [0.15, 0.2) is 18.2 Å². The molecule has 0 saturated heterocycles. The zero-order chi connectivity index (χ0) is 10.0. The Morgan fingerprint density at radius 3 is 2.15 bits per heavy atom. The minimum Gasteiger partial charge on any atom is -0.293 e. The van der Waals surface area contributed by atoms with Crippen molar-refractivity contribution >= 4 is 51.6 Å². The quantitative estimate of drug-likeness (QED) is 0.455. The molecule has 1 aromatic rings. The molecule has 0 aliphatic heterocycles. The number of ketones is 1. The molecule has 1 rings (SSSR count). The second-order valence-corrected chi connectivity index (χ2v) is 5.38. The summed E-state index contributed by atoms with van der Waals surface area (Å²) in [7, 11) is 0. The van der Waals surface area contributed by atoms with Crippen LogP contribution in [0.2, 0.25) is 10.0 Å². The molecule has 70 valence electrons. The van der Waals surface area contributed by atoms with Crippen molar-refractivity contribution in [3.05, 3.63) is 33.8 Å². The van der Waals surface area contributed by atoms with Crippen LogP contribution in [0.4, 0.5) is 0 Å². The maximum atomic E-state index is 11.5. The van der Waals surface area contributed by atoms with Gasteiger partial charge in [-0.25, -0.2) is 0 Å². The highest BCUT2D eigenvalue weighted by Gasteiger charge is 2.12. The molecule has 0 saturated carbocycles. The van der Waals surface area contributed by atoms with Crippen LogP contribution >= 0.6 is 45.8 Å². The van der Waals surface area contributed by atoms with E-state index in [0.29, 0.717) is 15.6 Å². The van der Waals surface area contributed by atoms with E-state index in [4.69, 9.17) is 23.2 Å². The summed E-state index contributed by atoms with van der Waals surface area (Å²) < 4.78 is -0.0628. The smallest absolute Gasteiger partial charge is 0.175 e. The molecule has 1 nitrogen and oxygen atoms in total. The molecule has 0 aromatic heterocycles. The molecule has 0 N–H and O–H groups in total. The van der Waals surface area contributed by atoms with Crippen LogP contribution in [0.1, 0.15) is 17.3 Å². The van der Waals surface area contributed by atoms with Gasteiger partial charge in [0.15, 0.2) is 5.78 Å². The summed E-state index contributed by atoms with van der Waals surface area (Å²) in [6.07, 6.45) is 0. The van der Waals surface area contributed by atoms with E-state index in [0.717, 1.165) is 0 Å². The van der Waals surface area contributed by atoms with Crippen molar-refractivity contribution in [2.75, 3.05) is 0 Å². The van der Waals surface area contributed by atoms with E-state index in [-0.39, 0.29) is 9.71 Å². The maximum Gasteiger partial charge on any atom is 0.175 e. The molecule has 13 heavy (non-hydrogen) atoms. The maximum absolute atomic E-state index is 11.5. The average Bonchev–Trinajstić information content (AvgIpc) is 2.01. The van der Waals surface area contributed by atoms with E-state index in [1.165, 1.54) is 0 Å². The van der Waals surface area contributed by atoms with Gasteiger partial charge in [0.25, 0.3) is 0 Å². The molecule has 0 spiro atoms. The van der Waals surface area contributed by atoms with Gasteiger partial charge in [-0.2, -0.15) is 0 Å². The first kappa shape index (κ1) is 11.3. The van der Waals surface area contributed by atoms with E-state index in [1.807, 2.05) is 6.92 Å². The lowest BCUT2D eigenvalue weighted by Crippen LogP contribution is -2.09. The second-order valence-electron chi connectivity index (χ2n) is 2.64. The topological polar surface area (TPSA) is 17.1 Å². The van der Waals surface area contributed by atoms with Crippen LogP contribution in [0, 0.1) is 0 Å². The highest BCUT2D eigenvalue weighted by atomic mass is 127. The van der Waals surface area contributed by atoms with Gasteiger partial charge >= 0.3 is 0 Å². The van der Waals surface area contributed by atoms with E-state index in [2.05, 4.69) is 22.6 Å². The molecular weight excluding hydrogens is 322 g/mol. The Morgan fingerprint density at radius 1 is 1.31 bits per heavy atom. The molecule has 0 aliphatic rings. The van der Waals surface area contributed by atoms with Crippen molar-refractivity contribution < 1.29 is 4.79 Å². The van der Waals surface area contributed by atoms with Crippen LogP contribution in [0.25, 0.3) is 0 Å². The third-order valence-electron chi connectivity index (χ3n) is 1.51. The molecule has 0 fully saturated rings. The Bertz CT molecular complexity index is 316. The largest absolute Gasteiger partial charge is 0.293 e. The molecule has 1 aromatic carbocycles. The number of Topliss-reactive ketones (excluding diaryl/α,β-unsaturated/α-hetero) is 1. The number of hydrogen-bond acceptors (Lipinski definition) is 1. The van der Waals surface area contributed by atoms with Crippen molar-refractivity contribution in [1.29, 1.82) is 0 Å². The van der Waals surface area contributed by atoms with Gasteiger partial charge in [0.05, 0.1) is 3.92 Å². The summed E-state index contributed by atoms with van der Waals surface area (Å²) in [6.45, 7) is 1.83. The Kier molecular flexibility index (Phi) is 4.01. The number of alkyl halides is 1. The zero-order valence-corrected chi connectivity index (χ0v) is 10.5. The summed E-state index contributed by atoms with van der Waals surface area (Å²) in [5.74, 6) is 0.0463. The molecule has 0 radical (unpaired) electrons. The number of rotatable bonds is 2. The summed E-state index contributed by atoms with van der Waals surface area (Å²) in [6, 6.07) is 4.87. The number of carbonyl (C=O) groups excluding carboxylic acids is 1. The third kappa shape index (κ3) is 3.11. The molecule has 4 heteroatoms. The fourth-order valence-electron chi connectivity index (χ4n) is 0.926. The first-order valence-electron chi connectivity index (χ1n) is 3.65. The molecule has 0 heterocycles. The third-order valence-corrected chi connectivity index (χ3v) is 2.51. The monoisotopic (exact) mass is 328 g/mol. The summed E-state index contributed by atoms with van der Waals surface area (Å²) in [4.78, 5) is 11.5. The lowest BCUT2D eigenvalue weighted by molar-refractivity contribution is 0.0998. The van der Waals surface area contributed by atoms with Crippen LogP contribution in [-0.2, 0) is 0 Å². The molecule has 1 atom stereocenters. The average molecular weight is 329 g/mol. The van der Waals surface area contributed by atoms with Gasteiger partial charge in [-0.15, -0.1) is 0 Å². The Labute approximate surface area is 101 Å². The Morgan fingerprint density at radius 2 is 1.77 bits per heavy atom. The van der Waals surface area contributed by atoms with Crippen LogP contribution in [0.3, 0.4) is 0 Å². The van der Waals surface area contributed by atoms with Crippen LogP contribution in [-0.4, -0.2) is 9.71 Å². The van der Waals surface area contributed by atoms with Crippen molar-refractivity contribution in [1.82, 2.24) is 0 Å². The number of hydrogen-bond donors (Lipinski definition) is 0. The zero-order valence-electron chi connectivity index (χ0n) is 6.85. The summed E-state index contributed by atoms with van der Waals surface area (Å²) in [5, 5.41) is 0.987. The highest BCUT2D eigenvalue weighted by Crippen LogP contribution is 2.21. The predicted molar refractivity (Wildman–Crippen MR) is 64.3 cm³/mol. The van der Waals surface area contributed by atoms with Crippen molar-refractivity contribution in [3.63, 3.8) is 0 Å². The number of halogens is 3. The molecule has 0 bridgehead atoms. The summed E-state index contributed by atoms with van der Waals surface area (Å²) in [5.41, 5.74) is 0.569.